The van der Waals surface area contributed by atoms with Gasteiger partial charge in [-0.25, -0.2) is 9.67 Å². The molecule has 2 aromatic heterocycles. The third-order valence-electron chi connectivity index (χ3n) is 2.29. The third-order valence-corrected chi connectivity index (χ3v) is 2.84. The molecular weight excluding hydrogens is 224 g/mol. The molecule has 5 heteroatoms. The van der Waals surface area contributed by atoms with E-state index in [1.165, 1.54) is 0 Å². The highest BCUT2D eigenvalue weighted by molar-refractivity contribution is 6.31. The van der Waals surface area contributed by atoms with Crippen LogP contribution in [0.1, 0.15) is 17.0 Å². The zero-order valence-corrected chi connectivity index (χ0v) is 9.65. The van der Waals surface area contributed by atoms with Crippen LogP contribution < -0.4 is 0 Å². The van der Waals surface area contributed by atoms with E-state index in [9.17, 15) is 0 Å². The van der Waals surface area contributed by atoms with Crippen LogP contribution in [0.2, 0.25) is 5.02 Å². The lowest BCUT2D eigenvalue weighted by molar-refractivity contribution is 0.805. The molecule has 80 valence electrons. The van der Waals surface area contributed by atoms with Crippen LogP contribution in [-0.2, 0) is 0 Å². The molecule has 0 bridgehead atoms. The van der Waals surface area contributed by atoms with E-state index < -0.39 is 0 Å². The van der Waals surface area contributed by atoms with Gasteiger partial charge < -0.3 is 0 Å². The van der Waals surface area contributed by atoms with Gasteiger partial charge in [-0.3, -0.25) is 0 Å². The van der Waals surface area contributed by atoms with Gasteiger partial charge in [-0.1, -0.05) is 11.6 Å². The van der Waals surface area contributed by atoms with Gasteiger partial charge in [0, 0.05) is 12.3 Å². The summed E-state index contributed by atoms with van der Waals surface area (Å²) in [5, 5.41) is 13.7. The van der Waals surface area contributed by atoms with Gasteiger partial charge >= 0.3 is 0 Å². The highest BCUT2D eigenvalue weighted by atomic mass is 35.5. The number of hydrogen-bond donors (Lipinski definition) is 0. The second-order valence-electron chi connectivity index (χ2n) is 3.41. The fourth-order valence-corrected chi connectivity index (χ4v) is 1.57. The van der Waals surface area contributed by atoms with Crippen molar-refractivity contribution in [2.75, 3.05) is 0 Å². The molecular formula is C11H9ClN4. The lowest BCUT2D eigenvalue weighted by Gasteiger charge is -2.02. The van der Waals surface area contributed by atoms with E-state index in [1.807, 2.05) is 13.8 Å². The van der Waals surface area contributed by atoms with Crippen molar-refractivity contribution in [3.8, 4) is 11.9 Å². The number of rotatable bonds is 1. The van der Waals surface area contributed by atoms with Gasteiger partial charge in [0.2, 0.25) is 0 Å². The van der Waals surface area contributed by atoms with Gasteiger partial charge in [-0.15, -0.1) is 0 Å². The summed E-state index contributed by atoms with van der Waals surface area (Å²) in [7, 11) is 0. The van der Waals surface area contributed by atoms with Crippen molar-refractivity contribution in [1.82, 2.24) is 14.8 Å². The first kappa shape index (κ1) is 10.7. The molecule has 2 aromatic rings. The van der Waals surface area contributed by atoms with E-state index in [0.717, 1.165) is 11.4 Å². The quantitative estimate of drug-likeness (QED) is 0.759. The molecule has 2 rings (SSSR count). The fraction of sp³-hybridized carbons (Fsp3) is 0.182. The summed E-state index contributed by atoms with van der Waals surface area (Å²) in [6.45, 7) is 3.70. The highest BCUT2D eigenvalue weighted by Crippen LogP contribution is 2.21. The molecule has 4 nitrogen and oxygen atoms in total. The molecule has 0 atom stereocenters. The largest absolute Gasteiger partial charge is 0.237 e. The van der Waals surface area contributed by atoms with Gasteiger partial charge in [-0.05, 0) is 19.9 Å². The number of hydrogen-bond acceptors (Lipinski definition) is 3. The summed E-state index contributed by atoms with van der Waals surface area (Å²) in [5.41, 5.74) is 2.12. The molecule has 0 aliphatic rings. The van der Waals surface area contributed by atoms with E-state index >= 15 is 0 Å². The topological polar surface area (TPSA) is 54.5 Å². The van der Waals surface area contributed by atoms with Crippen molar-refractivity contribution < 1.29 is 0 Å². The average molecular weight is 233 g/mol. The van der Waals surface area contributed by atoms with Gasteiger partial charge in [-0.2, -0.15) is 10.4 Å². The molecule has 0 N–H and O–H groups in total. The molecule has 0 unspecified atom stereocenters. The van der Waals surface area contributed by atoms with Crippen molar-refractivity contribution in [2.24, 2.45) is 0 Å². The van der Waals surface area contributed by atoms with E-state index in [1.54, 1.807) is 23.0 Å². The summed E-state index contributed by atoms with van der Waals surface area (Å²) in [6, 6.07) is 5.39. The minimum absolute atomic E-state index is 0.550. The number of aromatic nitrogens is 3. The Kier molecular flexibility index (Phi) is 2.63. The molecule has 0 radical (unpaired) electrons. The van der Waals surface area contributed by atoms with Crippen LogP contribution in [0.3, 0.4) is 0 Å². The first-order valence-corrected chi connectivity index (χ1v) is 5.09. The molecule has 0 fully saturated rings. The molecule has 0 saturated heterocycles. The number of aryl methyl sites for hydroxylation is 1. The monoisotopic (exact) mass is 232 g/mol. The average Bonchev–Trinajstić information content (AvgIpc) is 2.57. The second-order valence-corrected chi connectivity index (χ2v) is 3.79. The van der Waals surface area contributed by atoms with Crippen LogP contribution in [0.4, 0.5) is 0 Å². The lowest BCUT2D eigenvalue weighted by atomic mass is 10.3. The molecule has 0 aromatic carbocycles. The van der Waals surface area contributed by atoms with Crippen molar-refractivity contribution in [2.45, 2.75) is 13.8 Å². The Morgan fingerprint density at radius 2 is 2.19 bits per heavy atom. The Balaban J connectivity index is 2.59. The SMILES string of the molecule is Cc1nn(-c2cc(C#N)ccn2)c(C)c1Cl. The smallest absolute Gasteiger partial charge is 0.154 e. The normalized spacial score (nSPS) is 10.1. The minimum Gasteiger partial charge on any atom is -0.237 e. The van der Waals surface area contributed by atoms with Crippen LogP contribution in [0.5, 0.6) is 0 Å². The summed E-state index contributed by atoms with van der Waals surface area (Å²) < 4.78 is 1.64. The number of halogens is 1. The maximum atomic E-state index is 8.80. The number of nitrogens with zero attached hydrogens (tertiary/aromatic N) is 4. The minimum atomic E-state index is 0.550. The molecule has 0 amide bonds. The third kappa shape index (κ3) is 1.66. The van der Waals surface area contributed by atoms with E-state index in [4.69, 9.17) is 16.9 Å². The fourth-order valence-electron chi connectivity index (χ4n) is 1.45. The van der Waals surface area contributed by atoms with Crippen LogP contribution in [0.25, 0.3) is 5.82 Å². The van der Waals surface area contributed by atoms with Gasteiger partial charge in [0.25, 0.3) is 0 Å². The number of pyridine rings is 1. The summed E-state index contributed by atoms with van der Waals surface area (Å²) in [4.78, 5) is 4.16. The van der Waals surface area contributed by atoms with Crippen molar-refractivity contribution in [1.29, 1.82) is 5.26 Å². The standard InChI is InChI=1S/C11H9ClN4/c1-7-11(12)8(2)16(15-7)10-5-9(6-13)3-4-14-10/h3-5H,1-2H3. The summed E-state index contributed by atoms with van der Waals surface area (Å²) in [5.74, 6) is 0.603. The zero-order chi connectivity index (χ0) is 11.7. The van der Waals surface area contributed by atoms with Gasteiger partial charge in [0.05, 0.1) is 28.0 Å². The van der Waals surface area contributed by atoms with Crippen LogP contribution in [-0.4, -0.2) is 14.8 Å². The maximum Gasteiger partial charge on any atom is 0.154 e. The van der Waals surface area contributed by atoms with E-state index in [0.29, 0.717) is 16.4 Å². The molecule has 0 aliphatic heterocycles. The molecule has 16 heavy (non-hydrogen) atoms. The molecule has 0 aliphatic carbocycles. The van der Waals surface area contributed by atoms with Crippen molar-refractivity contribution >= 4 is 11.6 Å². The van der Waals surface area contributed by atoms with Crippen molar-refractivity contribution in [3.63, 3.8) is 0 Å². The first-order valence-electron chi connectivity index (χ1n) is 4.71. The molecule has 2 heterocycles. The summed E-state index contributed by atoms with van der Waals surface area (Å²) in [6.07, 6.45) is 1.58. The Hall–Kier alpha value is -1.86. The van der Waals surface area contributed by atoms with E-state index in [2.05, 4.69) is 16.2 Å². The van der Waals surface area contributed by atoms with Gasteiger partial charge in [0.15, 0.2) is 5.82 Å². The zero-order valence-electron chi connectivity index (χ0n) is 8.90. The van der Waals surface area contributed by atoms with Crippen LogP contribution in [0.15, 0.2) is 18.3 Å². The van der Waals surface area contributed by atoms with Gasteiger partial charge in [0.1, 0.15) is 0 Å². The molecule has 0 spiro atoms. The number of nitriles is 1. The van der Waals surface area contributed by atoms with Crippen LogP contribution in [0, 0.1) is 25.2 Å². The predicted octanol–water partition coefficient (Wildman–Crippen LogP) is 2.41. The Labute approximate surface area is 98.1 Å². The summed E-state index contributed by atoms with van der Waals surface area (Å²) >= 11 is 6.05. The Bertz CT molecular complexity index is 580. The predicted molar refractivity (Wildman–Crippen MR) is 60.6 cm³/mol. The first-order chi connectivity index (χ1) is 7.63. The Morgan fingerprint density at radius 3 is 2.75 bits per heavy atom. The highest BCUT2D eigenvalue weighted by Gasteiger charge is 2.11. The Morgan fingerprint density at radius 1 is 1.44 bits per heavy atom. The van der Waals surface area contributed by atoms with Crippen molar-refractivity contribution in [3.05, 3.63) is 40.3 Å². The molecule has 0 saturated carbocycles. The van der Waals surface area contributed by atoms with Crippen LogP contribution >= 0.6 is 11.6 Å². The maximum absolute atomic E-state index is 8.80. The second kappa shape index (κ2) is 3.95. The van der Waals surface area contributed by atoms with E-state index in [-0.39, 0.29) is 0 Å². The lowest BCUT2D eigenvalue weighted by Crippen LogP contribution is -2.01.